The molecule has 5 nitrogen and oxygen atoms in total. The normalized spacial score (nSPS) is 11.0. The number of rotatable bonds is 7. The zero-order valence-corrected chi connectivity index (χ0v) is 17.9. The van der Waals surface area contributed by atoms with Crippen LogP contribution in [-0.4, -0.2) is 14.3 Å². The third kappa shape index (κ3) is 5.80. The third-order valence-electron chi connectivity index (χ3n) is 4.03. The van der Waals surface area contributed by atoms with Crippen LogP contribution in [0.2, 0.25) is 0 Å². The lowest BCUT2D eigenvalue weighted by Gasteiger charge is -2.10. The summed E-state index contributed by atoms with van der Waals surface area (Å²) in [5, 5.41) is 2.79. The summed E-state index contributed by atoms with van der Waals surface area (Å²) in [6, 6.07) is 23.0. The number of amides is 1. The van der Waals surface area contributed by atoms with E-state index in [2.05, 4.69) is 32.6 Å². The van der Waals surface area contributed by atoms with Gasteiger partial charge in [0.2, 0.25) is 5.91 Å². The van der Waals surface area contributed by atoms with E-state index >= 15 is 0 Å². The smallest absolute Gasteiger partial charge is 0.261 e. The molecule has 1 amide bonds. The second kappa shape index (κ2) is 9.20. The lowest BCUT2D eigenvalue weighted by atomic mass is 10.1. The Kier molecular flexibility index (Phi) is 6.69. The standard InChI is InChI=1S/C21H19IN2O3S/c22-17-7-9-19(10-8-17)24-28(26,27)20-13-11-18(12-14-20)23-21(25)15-6-16-4-2-1-3-5-16/h1-5,7-14,24H,6,15H2,(H,23,25). The van der Waals surface area contributed by atoms with Gasteiger partial charge in [0.15, 0.2) is 0 Å². The topological polar surface area (TPSA) is 75.3 Å². The highest BCUT2D eigenvalue weighted by Crippen LogP contribution is 2.19. The molecule has 0 aromatic heterocycles. The van der Waals surface area contributed by atoms with Crippen molar-refractivity contribution in [1.82, 2.24) is 0 Å². The van der Waals surface area contributed by atoms with E-state index in [1.807, 2.05) is 42.5 Å². The fourth-order valence-electron chi connectivity index (χ4n) is 2.58. The Hall–Kier alpha value is -2.39. The number of carbonyl (C=O) groups excluding carboxylic acids is 1. The highest BCUT2D eigenvalue weighted by Gasteiger charge is 2.14. The average molecular weight is 506 g/mol. The first-order valence-electron chi connectivity index (χ1n) is 8.65. The Morgan fingerprint density at radius 1 is 0.821 bits per heavy atom. The molecule has 0 fully saturated rings. The summed E-state index contributed by atoms with van der Waals surface area (Å²) in [5.41, 5.74) is 2.16. The molecule has 7 heteroatoms. The van der Waals surface area contributed by atoms with Gasteiger partial charge in [-0.05, 0) is 83.1 Å². The third-order valence-corrected chi connectivity index (χ3v) is 6.14. The van der Waals surface area contributed by atoms with Gasteiger partial charge in [-0.2, -0.15) is 0 Å². The van der Waals surface area contributed by atoms with Crippen LogP contribution in [0.3, 0.4) is 0 Å². The molecule has 0 bridgehead atoms. The minimum Gasteiger partial charge on any atom is -0.326 e. The number of hydrogen-bond donors (Lipinski definition) is 2. The Labute approximate surface area is 178 Å². The highest BCUT2D eigenvalue weighted by atomic mass is 127. The molecule has 0 heterocycles. The largest absolute Gasteiger partial charge is 0.326 e. The van der Waals surface area contributed by atoms with Gasteiger partial charge in [0.1, 0.15) is 0 Å². The summed E-state index contributed by atoms with van der Waals surface area (Å²) < 4.78 is 28.5. The van der Waals surface area contributed by atoms with Crippen LogP contribution in [0.1, 0.15) is 12.0 Å². The number of carbonyl (C=O) groups is 1. The maximum absolute atomic E-state index is 12.5. The molecular formula is C21H19IN2O3S. The Morgan fingerprint density at radius 3 is 2.07 bits per heavy atom. The summed E-state index contributed by atoms with van der Waals surface area (Å²) in [6.45, 7) is 0. The van der Waals surface area contributed by atoms with Gasteiger partial charge in [0.25, 0.3) is 10.0 Å². The summed E-state index contributed by atoms with van der Waals surface area (Å²) in [4.78, 5) is 12.2. The fraction of sp³-hybridized carbons (Fsp3) is 0.0952. The average Bonchev–Trinajstić information content (AvgIpc) is 2.69. The Morgan fingerprint density at radius 2 is 1.43 bits per heavy atom. The molecule has 0 aliphatic rings. The molecule has 0 saturated carbocycles. The molecular weight excluding hydrogens is 487 g/mol. The van der Waals surface area contributed by atoms with Gasteiger partial charge in [-0.25, -0.2) is 8.42 Å². The van der Waals surface area contributed by atoms with Crippen molar-refractivity contribution in [2.45, 2.75) is 17.7 Å². The molecule has 2 N–H and O–H groups in total. The molecule has 0 spiro atoms. The number of benzene rings is 3. The summed E-state index contributed by atoms with van der Waals surface area (Å²) >= 11 is 2.16. The number of halogens is 1. The quantitative estimate of drug-likeness (QED) is 0.458. The van der Waals surface area contributed by atoms with E-state index < -0.39 is 10.0 Å². The maximum Gasteiger partial charge on any atom is 0.261 e. The molecule has 3 aromatic carbocycles. The lowest BCUT2D eigenvalue weighted by Crippen LogP contribution is -2.14. The zero-order valence-electron chi connectivity index (χ0n) is 14.9. The highest BCUT2D eigenvalue weighted by molar-refractivity contribution is 14.1. The van der Waals surface area contributed by atoms with Gasteiger partial charge in [-0.1, -0.05) is 30.3 Å². The molecule has 0 radical (unpaired) electrons. The summed E-state index contributed by atoms with van der Waals surface area (Å²) in [5.74, 6) is -0.114. The van der Waals surface area contributed by atoms with E-state index in [9.17, 15) is 13.2 Å². The molecule has 0 unspecified atom stereocenters. The van der Waals surface area contributed by atoms with Crippen LogP contribution < -0.4 is 10.0 Å². The first-order valence-corrected chi connectivity index (χ1v) is 11.2. The van der Waals surface area contributed by atoms with E-state index in [0.717, 1.165) is 9.13 Å². The first-order chi connectivity index (χ1) is 13.4. The van der Waals surface area contributed by atoms with Crippen LogP contribution in [0, 0.1) is 3.57 Å². The zero-order chi connectivity index (χ0) is 20.0. The van der Waals surface area contributed by atoms with Crippen molar-refractivity contribution in [2.24, 2.45) is 0 Å². The van der Waals surface area contributed by atoms with Crippen molar-refractivity contribution in [3.63, 3.8) is 0 Å². The molecule has 28 heavy (non-hydrogen) atoms. The molecule has 3 aromatic rings. The molecule has 144 valence electrons. The lowest BCUT2D eigenvalue weighted by molar-refractivity contribution is -0.116. The number of sulfonamides is 1. The van der Waals surface area contributed by atoms with Crippen molar-refractivity contribution in [3.8, 4) is 0 Å². The molecule has 0 aliphatic heterocycles. The molecule has 0 saturated heterocycles. The van der Waals surface area contributed by atoms with Crippen LogP contribution in [0.5, 0.6) is 0 Å². The van der Waals surface area contributed by atoms with E-state index in [0.29, 0.717) is 24.2 Å². The number of aryl methyl sites for hydroxylation is 1. The molecule has 0 aliphatic carbocycles. The van der Waals surface area contributed by atoms with Crippen LogP contribution >= 0.6 is 22.6 Å². The minimum atomic E-state index is -3.68. The van der Waals surface area contributed by atoms with E-state index in [-0.39, 0.29) is 10.8 Å². The van der Waals surface area contributed by atoms with Crippen molar-refractivity contribution < 1.29 is 13.2 Å². The van der Waals surface area contributed by atoms with Crippen LogP contribution in [0.15, 0.2) is 83.8 Å². The number of anilines is 2. The van der Waals surface area contributed by atoms with Gasteiger partial charge in [0.05, 0.1) is 4.90 Å². The van der Waals surface area contributed by atoms with E-state index in [1.54, 1.807) is 24.3 Å². The van der Waals surface area contributed by atoms with Gasteiger partial charge < -0.3 is 5.32 Å². The van der Waals surface area contributed by atoms with Gasteiger partial charge in [-0.15, -0.1) is 0 Å². The van der Waals surface area contributed by atoms with Crippen molar-refractivity contribution >= 4 is 49.9 Å². The number of hydrogen-bond acceptors (Lipinski definition) is 3. The summed E-state index contributed by atoms with van der Waals surface area (Å²) in [7, 11) is -3.68. The fourth-order valence-corrected chi connectivity index (χ4v) is 3.99. The van der Waals surface area contributed by atoms with Crippen molar-refractivity contribution in [3.05, 3.63) is 88.0 Å². The van der Waals surface area contributed by atoms with Crippen molar-refractivity contribution in [2.75, 3.05) is 10.0 Å². The second-order valence-electron chi connectivity index (χ2n) is 6.17. The van der Waals surface area contributed by atoms with Crippen LogP contribution in [-0.2, 0) is 21.2 Å². The predicted molar refractivity (Wildman–Crippen MR) is 120 cm³/mol. The van der Waals surface area contributed by atoms with Gasteiger partial charge in [-0.3, -0.25) is 9.52 Å². The predicted octanol–water partition coefficient (Wildman–Crippen LogP) is 4.66. The summed E-state index contributed by atoms with van der Waals surface area (Å²) in [6.07, 6.45) is 1.01. The SMILES string of the molecule is O=C(CCc1ccccc1)Nc1ccc(S(=O)(=O)Nc2ccc(I)cc2)cc1. The second-order valence-corrected chi connectivity index (χ2v) is 9.10. The van der Waals surface area contributed by atoms with Gasteiger partial charge >= 0.3 is 0 Å². The van der Waals surface area contributed by atoms with Gasteiger partial charge in [0, 0.05) is 21.4 Å². The van der Waals surface area contributed by atoms with E-state index in [1.165, 1.54) is 12.1 Å². The Bertz CT molecular complexity index is 1040. The Balaban J connectivity index is 1.59. The first kappa shape index (κ1) is 20.3. The molecule has 0 atom stereocenters. The monoisotopic (exact) mass is 506 g/mol. The van der Waals surface area contributed by atoms with Crippen LogP contribution in [0.25, 0.3) is 0 Å². The maximum atomic E-state index is 12.5. The van der Waals surface area contributed by atoms with Crippen LogP contribution in [0.4, 0.5) is 11.4 Å². The number of nitrogens with one attached hydrogen (secondary N) is 2. The molecule has 3 rings (SSSR count). The minimum absolute atomic E-state index is 0.114. The van der Waals surface area contributed by atoms with Crippen molar-refractivity contribution in [1.29, 1.82) is 0 Å². The van der Waals surface area contributed by atoms with E-state index in [4.69, 9.17) is 0 Å².